The molecule has 0 fully saturated rings. The highest BCUT2D eigenvalue weighted by Crippen LogP contribution is 2.17. The van der Waals surface area contributed by atoms with Crippen molar-refractivity contribution < 1.29 is 22.9 Å². The quantitative estimate of drug-likeness (QED) is 0.286. The van der Waals surface area contributed by atoms with E-state index in [2.05, 4.69) is 16.0 Å². The number of hydrogen-bond donors (Lipinski definition) is 4. The molecule has 9 nitrogen and oxygen atoms in total. The molecule has 10 heteroatoms. The molecule has 0 radical (unpaired) electrons. The zero-order valence-corrected chi connectivity index (χ0v) is 16.1. The zero-order valence-electron chi connectivity index (χ0n) is 15.1. The SMILES string of the molecule is CO[Si](CCCC(CNC(=O)CNC(C)=O)NCCN)(OC)OC. The number of nitrogens with one attached hydrogen (secondary N) is 3. The summed E-state index contributed by atoms with van der Waals surface area (Å²) in [4.78, 5) is 22.5. The van der Waals surface area contributed by atoms with Crippen molar-refractivity contribution in [3.63, 3.8) is 0 Å². The largest absolute Gasteiger partial charge is 0.500 e. The van der Waals surface area contributed by atoms with Crippen molar-refractivity contribution in [3.05, 3.63) is 0 Å². The molecule has 24 heavy (non-hydrogen) atoms. The Hall–Kier alpha value is -1.04. The molecule has 0 aromatic heterocycles. The summed E-state index contributed by atoms with van der Waals surface area (Å²) in [5, 5.41) is 8.56. The van der Waals surface area contributed by atoms with Crippen molar-refractivity contribution in [2.45, 2.75) is 31.9 Å². The Balaban J connectivity index is 4.30. The Kier molecular flexibility index (Phi) is 12.7. The van der Waals surface area contributed by atoms with Crippen LogP contribution in [0, 0.1) is 0 Å². The average molecular weight is 365 g/mol. The van der Waals surface area contributed by atoms with Gasteiger partial charge in [-0.1, -0.05) is 0 Å². The van der Waals surface area contributed by atoms with Crippen LogP contribution in [0.2, 0.25) is 6.04 Å². The normalized spacial score (nSPS) is 12.7. The zero-order chi connectivity index (χ0) is 18.4. The van der Waals surface area contributed by atoms with E-state index in [-0.39, 0.29) is 24.4 Å². The van der Waals surface area contributed by atoms with Crippen molar-refractivity contribution in [1.82, 2.24) is 16.0 Å². The van der Waals surface area contributed by atoms with Crippen molar-refractivity contribution in [1.29, 1.82) is 0 Å². The fraction of sp³-hybridized carbons (Fsp3) is 0.857. The first-order valence-corrected chi connectivity index (χ1v) is 9.96. The number of amides is 2. The summed E-state index contributed by atoms with van der Waals surface area (Å²) >= 11 is 0. The van der Waals surface area contributed by atoms with Crippen LogP contribution in [0.4, 0.5) is 0 Å². The lowest BCUT2D eigenvalue weighted by Crippen LogP contribution is -2.46. The third kappa shape index (κ3) is 9.95. The first kappa shape index (κ1) is 23.0. The maximum absolute atomic E-state index is 11.7. The molecule has 0 aromatic rings. The van der Waals surface area contributed by atoms with Crippen molar-refractivity contribution in [2.75, 3.05) is 47.5 Å². The average Bonchev–Trinajstić information content (AvgIpc) is 2.59. The molecule has 0 aliphatic heterocycles. The van der Waals surface area contributed by atoms with Crippen LogP contribution in [-0.2, 0) is 22.9 Å². The molecule has 5 N–H and O–H groups in total. The predicted octanol–water partition coefficient (Wildman–Crippen LogP) is -1.19. The molecule has 0 saturated heterocycles. The molecule has 1 atom stereocenters. The van der Waals surface area contributed by atoms with E-state index in [0.717, 1.165) is 12.8 Å². The number of carbonyl (C=O) groups is 2. The molecule has 0 rings (SSSR count). The van der Waals surface area contributed by atoms with Gasteiger partial charge in [0.15, 0.2) is 0 Å². The molecule has 0 saturated carbocycles. The van der Waals surface area contributed by atoms with Crippen molar-refractivity contribution >= 4 is 20.6 Å². The minimum Gasteiger partial charge on any atom is -0.377 e. The van der Waals surface area contributed by atoms with Gasteiger partial charge in [-0.3, -0.25) is 9.59 Å². The van der Waals surface area contributed by atoms with E-state index in [4.69, 9.17) is 19.0 Å². The minimum atomic E-state index is -2.57. The smallest absolute Gasteiger partial charge is 0.377 e. The predicted molar refractivity (Wildman–Crippen MR) is 93.4 cm³/mol. The number of hydrogen-bond acceptors (Lipinski definition) is 7. The van der Waals surface area contributed by atoms with E-state index in [9.17, 15) is 9.59 Å². The van der Waals surface area contributed by atoms with Gasteiger partial charge in [0.2, 0.25) is 11.8 Å². The summed E-state index contributed by atoms with van der Waals surface area (Å²) in [6, 6.07) is 0.768. The van der Waals surface area contributed by atoms with E-state index < -0.39 is 8.80 Å². The fourth-order valence-electron chi connectivity index (χ4n) is 2.19. The second-order valence-electron chi connectivity index (χ2n) is 5.34. The Bertz CT molecular complexity index is 361. The van der Waals surface area contributed by atoms with Crippen molar-refractivity contribution in [3.8, 4) is 0 Å². The number of carbonyl (C=O) groups excluding carboxylic acids is 2. The van der Waals surface area contributed by atoms with E-state index in [1.54, 1.807) is 21.3 Å². The summed E-state index contributed by atoms with van der Waals surface area (Å²) in [6.07, 6.45) is 1.64. The van der Waals surface area contributed by atoms with Crippen molar-refractivity contribution in [2.24, 2.45) is 5.73 Å². The Morgan fingerprint density at radius 2 is 1.75 bits per heavy atom. The monoisotopic (exact) mass is 364 g/mol. The second kappa shape index (κ2) is 13.3. The van der Waals surface area contributed by atoms with E-state index in [1.165, 1.54) is 6.92 Å². The molecule has 0 aliphatic carbocycles. The lowest BCUT2D eigenvalue weighted by atomic mass is 10.1. The molecule has 2 amide bonds. The molecule has 0 spiro atoms. The molecule has 0 bridgehead atoms. The second-order valence-corrected chi connectivity index (χ2v) is 8.43. The molecule has 1 unspecified atom stereocenters. The van der Waals surface area contributed by atoms with Gasteiger partial charge in [0, 0.05) is 60.0 Å². The first-order valence-electron chi connectivity index (χ1n) is 8.03. The summed E-state index contributed by atoms with van der Waals surface area (Å²) in [5.74, 6) is -0.456. The van der Waals surface area contributed by atoms with Gasteiger partial charge in [0.25, 0.3) is 0 Å². The van der Waals surface area contributed by atoms with Gasteiger partial charge in [-0.25, -0.2) is 0 Å². The van der Waals surface area contributed by atoms with Crippen LogP contribution in [-0.4, -0.2) is 74.2 Å². The maximum Gasteiger partial charge on any atom is 0.500 e. The number of rotatable bonds is 14. The third-order valence-corrected chi connectivity index (χ3v) is 6.42. The third-order valence-electron chi connectivity index (χ3n) is 3.59. The van der Waals surface area contributed by atoms with E-state index in [1.807, 2.05) is 0 Å². The fourth-order valence-corrected chi connectivity index (χ4v) is 3.94. The lowest BCUT2D eigenvalue weighted by molar-refractivity contribution is -0.125. The topological polar surface area (TPSA) is 124 Å². The molecule has 0 heterocycles. The summed E-state index contributed by atoms with van der Waals surface area (Å²) < 4.78 is 16.2. The van der Waals surface area contributed by atoms with Gasteiger partial charge in [0.1, 0.15) is 0 Å². The molecular formula is C14H32N4O5Si. The summed E-state index contributed by atoms with van der Waals surface area (Å²) in [6.45, 7) is 2.99. The Labute approximate surface area is 145 Å². The standard InChI is InChI=1S/C14H32N4O5Si/c1-12(19)17-11-14(20)18-10-13(16-8-7-15)6-5-9-24(21-2,22-3)23-4/h13,16H,5-11,15H2,1-4H3,(H,17,19)(H,18,20). The molecule has 142 valence electrons. The van der Waals surface area contributed by atoms with Gasteiger partial charge in [-0.2, -0.15) is 0 Å². The van der Waals surface area contributed by atoms with Crippen LogP contribution in [0.15, 0.2) is 0 Å². The highest BCUT2D eigenvalue weighted by molar-refractivity contribution is 6.60. The van der Waals surface area contributed by atoms with Crippen LogP contribution in [0.3, 0.4) is 0 Å². The molecule has 0 aliphatic rings. The molecule has 0 aromatic carbocycles. The van der Waals surface area contributed by atoms with Crippen LogP contribution in [0.1, 0.15) is 19.8 Å². The maximum atomic E-state index is 11.7. The first-order chi connectivity index (χ1) is 11.4. The number of nitrogens with two attached hydrogens (primary N) is 1. The highest BCUT2D eigenvalue weighted by atomic mass is 28.4. The highest BCUT2D eigenvalue weighted by Gasteiger charge is 2.37. The van der Waals surface area contributed by atoms with Gasteiger partial charge in [-0.05, 0) is 12.8 Å². The van der Waals surface area contributed by atoms with E-state index in [0.29, 0.717) is 25.7 Å². The summed E-state index contributed by atoms with van der Waals surface area (Å²) in [5.41, 5.74) is 5.53. The Morgan fingerprint density at radius 3 is 2.25 bits per heavy atom. The summed E-state index contributed by atoms with van der Waals surface area (Å²) in [7, 11) is 2.19. The van der Waals surface area contributed by atoms with Crippen LogP contribution in [0.25, 0.3) is 0 Å². The van der Waals surface area contributed by atoms with Gasteiger partial charge in [-0.15, -0.1) is 0 Å². The van der Waals surface area contributed by atoms with Gasteiger partial charge in [0.05, 0.1) is 6.54 Å². The Morgan fingerprint density at radius 1 is 1.12 bits per heavy atom. The molecular weight excluding hydrogens is 332 g/mol. The van der Waals surface area contributed by atoms with Crippen LogP contribution >= 0.6 is 0 Å². The van der Waals surface area contributed by atoms with E-state index >= 15 is 0 Å². The van der Waals surface area contributed by atoms with Crippen LogP contribution in [0.5, 0.6) is 0 Å². The van der Waals surface area contributed by atoms with Gasteiger partial charge >= 0.3 is 8.80 Å². The lowest BCUT2D eigenvalue weighted by Gasteiger charge is -2.25. The minimum absolute atomic E-state index is 0.0218. The van der Waals surface area contributed by atoms with Gasteiger partial charge < -0.3 is 35.0 Å². The van der Waals surface area contributed by atoms with Crippen LogP contribution < -0.4 is 21.7 Å².